The normalized spacial score (nSPS) is 28.7. The van der Waals surface area contributed by atoms with Crippen molar-refractivity contribution in [3.63, 3.8) is 0 Å². The minimum absolute atomic E-state index is 0.269. The molecule has 0 heterocycles. The molecule has 0 aliphatic heterocycles. The van der Waals surface area contributed by atoms with Crippen molar-refractivity contribution in [1.82, 2.24) is 0 Å². The van der Waals surface area contributed by atoms with Gasteiger partial charge in [0.25, 0.3) is 0 Å². The van der Waals surface area contributed by atoms with Crippen molar-refractivity contribution in [2.45, 2.75) is 62.9 Å². The minimum atomic E-state index is -0.669. The first-order valence-corrected chi connectivity index (χ1v) is 6.93. The lowest BCUT2D eigenvalue weighted by molar-refractivity contribution is -0.136. The molecular formula is C12H22O2S. The summed E-state index contributed by atoms with van der Waals surface area (Å²) in [6.45, 7) is 4.30. The SMILES string of the molecule is CCC1CCC(SC(C)CC(=O)O)CC1. The van der Waals surface area contributed by atoms with Crippen LogP contribution < -0.4 is 0 Å². The predicted molar refractivity (Wildman–Crippen MR) is 65.3 cm³/mol. The summed E-state index contributed by atoms with van der Waals surface area (Å²) in [5.41, 5.74) is 0. The van der Waals surface area contributed by atoms with E-state index < -0.39 is 5.97 Å². The van der Waals surface area contributed by atoms with E-state index in [0.717, 1.165) is 5.92 Å². The standard InChI is InChI=1S/C12H22O2S/c1-3-10-4-6-11(7-5-10)15-9(2)8-12(13)14/h9-11H,3-8H2,1-2H3,(H,13,14). The second-order valence-electron chi connectivity index (χ2n) is 4.60. The van der Waals surface area contributed by atoms with Crippen molar-refractivity contribution in [1.29, 1.82) is 0 Å². The molecule has 1 atom stereocenters. The number of aliphatic carboxylic acids is 1. The van der Waals surface area contributed by atoms with Gasteiger partial charge in [-0.25, -0.2) is 0 Å². The summed E-state index contributed by atoms with van der Waals surface area (Å²) in [7, 11) is 0. The zero-order valence-electron chi connectivity index (χ0n) is 9.74. The third-order valence-corrected chi connectivity index (χ3v) is 4.75. The highest BCUT2D eigenvalue weighted by atomic mass is 32.2. The van der Waals surface area contributed by atoms with Gasteiger partial charge in [0.05, 0.1) is 6.42 Å². The fourth-order valence-corrected chi connectivity index (χ4v) is 3.74. The number of carboxylic acid groups (broad SMARTS) is 1. The largest absolute Gasteiger partial charge is 0.481 e. The van der Waals surface area contributed by atoms with Gasteiger partial charge < -0.3 is 5.11 Å². The van der Waals surface area contributed by atoms with Crippen molar-refractivity contribution < 1.29 is 9.90 Å². The van der Waals surface area contributed by atoms with E-state index in [1.165, 1.54) is 32.1 Å². The Hall–Kier alpha value is -0.180. The van der Waals surface area contributed by atoms with Gasteiger partial charge in [0.15, 0.2) is 0 Å². The van der Waals surface area contributed by atoms with E-state index in [9.17, 15) is 4.79 Å². The monoisotopic (exact) mass is 230 g/mol. The molecule has 1 unspecified atom stereocenters. The topological polar surface area (TPSA) is 37.3 Å². The maximum atomic E-state index is 10.5. The highest BCUT2D eigenvalue weighted by Gasteiger charge is 2.22. The van der Waals surface area contributed by atoms with E-state index in [2.05, 4.69) is 6.92 Å². The molecule has 1 saturated carbocycles. The number of rotatable bonds is 5. The number of thioether (sulfide) groups is 1. The first kappa shape index (κ1) is 12.9. The van der Waals surface area contributed by atoms with E-state index in [4.69, 9.17) is 5.11 Å². The van der Waals surface area contributed by atoms with Crippen molar-refractivity contribution in [2.24, 2.45) is 5.92 Å². The smallest absolute Gasteiger partial charge is 0.304 e. The molecule has 0 spiro atoms. The Labute approximate surface area is 96.8 Å². The molecule has 1 aliphatic rings. The van der Waals surface area contributed by atoms with Crippen molar-refractivity contribution in [3.05, 3.63) is 0 Å². The Morgan fingerprint density at radius 3 is 2.47 bits per heavy atom. The van der Waals surface area contributed by atoms with Crippen LogP contribution in [0, 0.1) is 5.92 Å². The van der Waals surface area contributed by atoms with Crippen LogP contribution in [0.5, 0.6) is 0 Å². The number of hydrogen-bond acceptors (Lipinski definition) is 2. The molecule has 0 saturated heterocycles. The molecule has 0 aromatic rings. The minimum Gasteiger partial charge on any atom is -0.481 e. The lowest BCUT2D eigenvalue weighted by Gasteiger charge is -2.28. The van der Waals surface area contributed by atoms with E-state index in [1.807, 2.05) is 18.7 Å². The number of hydrogen-bond donors (Lipinski definition) is 1. The zero-order valence-corrected chi connectivity index (χ0v) is 10.6. The van der Waals surface area contributed by atoms with Crippen LogP contribution in [0.4, 0.5) is 0 Å². The van der Waals surface area contributed by atoms with E-state index in [0.29, 0.717) is 11.7 Å². The maximum absolute atomic E-state index is 10.5. The molecule has 0 aromatic heterocycles. The summed E-state index contributed by atoms with van der Waals surface area (Å²) in [5.74, 6) is 0.258. The molecule has 0 aromatic carbocycles. The summed E-state index contributed by atoms with van der Waals surface area (Å²) in [6.07, 6.45) is 6.86. The highest BCUT2D eigenvalue weighted by molar-refractivity contribution is 8.00. The van der Waals surface area contributed by atoms with Crippen LogP contribution in [-0.2, 0) is 4.79 Å². The predicted octanol–water partition coefficient (Wildman–Crippen LogP) is 3.55. The van der Waals surface area contributed by atoms with Crippen LogP contribution >= 0.6 is 11.8 Å². The second kappa shape index (κ2) is 6.41. The molecule has 0 radical (unpaired) electrons. The quantitative estimate of drug-likeness (QED) is 0.784. The Morgan fingerprint density at radius 1 is 1.40 bits per heavy atom. The van der Waals surface area contributed by atoms with Crippen molar-refractivity contribution in [2.75, 3.05) is 0 Å². The number of carboxylic acids is 1. The van der Waals surface area contributed by atoms with Crippen molar-refractivity contribution in [3.8, 4) is 0 Å². The third kappa shape index (κ3) is 4.92. The summed E-state index contributed by atoms with van der Waals surface area (Å²) in [5, 5.41) is 9.66. The van der Waals surface area contributed by atoms with Gasteiger partial charge in [-0.1, -0.05) is 20.3 Å². The van der Waals surface area contributed by atoms with Crippen LogP contribution in [-0.4, -0.2) is 21.6 Å². The average Bonchev–Trinajstić information content (AvgIpc) is 2.17. The van der Waals surface area contributed by atoms with Gasteiger partial charge in [-0.2, -0.15) is 11.8 Å². The van der Waals surface area contributed by atoms with Crippen LogP contribution in [0.2, 0.25) is 0 Å². The molecule has 3 heteroatoms. The van der Waals surface area contributed by atoms with Gasteiger partial charge >= 0.3 is 5.97 Å². The molecule has 15 heavy (non-hydrogen) atoms. The van der Waals surface area contributed by atoms with Crippen LogP contribution in [0.1, 0.15) is 52.4 Å². The van der Waals surface area contributed by atoms with E-state index in [-0.39, 0.29) is 5.25 Å². The van der Waals surface area contributed by atoms with Crippen LogP contribution in [0.15, 0.2) is 0 Å². The van der Waals surface area contributed by atoms with Gasteiger partial charge in [0.1, 0.15) is 0 Å². The summed E-state index contributed by atoms with van der Waals surface area (Å²) in [6, 6.07) is 0. The maximum Gasteiger partial charge on any atom is 0.304 e. The molecule has 1 rings (SSSR count). The molecule has 0 amide bonds. The third-order valence-electron chi connectivity index (χ3n) is 3.26. The van der Waals surface area contributed by atoms with Gasteiger partial charge in [-0.15, -0.1) is 0 Å². The van der Waals surface area contributed by atoms with Gasteiger partial charge in [0.2, 0.25) is 0 Å². The second-order valence-corrected chi connectivity index (χ2v) is 6.34. The molecule has 2 nitrogen and oxygen atoms in total. The molecule has 1 fully saturated rings. The summed E-state index contributed by atoms with van der Waals surface area (Å²) < 4.78 is 0. The van der Waals surface area contributed by atoms with Gasteiger partial charge in [0, 0.05) is 10.5 Å². The van der Waals surface area contributed by atoms with Crippen LogP contribution in [0.3, 0.4) is 0 Å². The molecule has 1 N–H and O–H groups in total. The van der Waals surface area contributed by atoms with Gasteiger partial charge in [-0.05, 0) is 31.6 Å². The first-order valence-electron chi connectivity index (χ1n) is 5.99. The Balaban J connectivity index is 2.20. The molecule has 0 bridgehead atoms. The molecule has 88 valence electrons. The van der Waals surface area contributed by atoms with Crippen molar-refractivity contribution >= 4 is 17.7 Å². The fourth-order valence-electron chi connectivity index (χ4n) is 2.30. The summed E-state index contributed by atoms with van der Waals surface area (Å²) in [4.78, 5) is 10.5. The van der Waals surface area contributed by atoms with Gasteiger partial charge in [-0.3, -0.25) is 4.79 Å². The molecular weight excluding hydrogens is 208 g/mol. The Bertz CT molecular complexity index is 198. The zero-order chi connectivity index (χ0) is 11.3. The van der Waals surface area contributed by atoms with E-state index >= 15 is 0 Å². The van der Waals surface area contributed by atoms with E-state index in [1.54, 1.807) is 0 Å². The summed E-state index contributed by atoms with van der Waals surface area (Å²) >= 11 is 1.88. The fraction of sp³-hybridized carbons (Fsp3) is 0.917. The highest BCUT2D eigenvalue weighted by Crippen LogP contribution is 2.35. The Kier molecular flexibility index (Phi) is 5.51. The lowest BCUT2D eigenvalue weighted by Crippen LogP contribution is -2.19. The average molecular weight is 230 g/mol. The Morgan fingerprint density at radius 2 is 2.00 bits per heavy atom. The first-order chi connectivity index (χ1) is 7.11. The molecule has 1 aliphatic carbocycles. The lowest BCUT2D eigenvalue weighted by atomic mass is 9.87. The number of carbonyl (C=O) groups is 1. The van der Waals surface area contributed by atoms with Crippen LogP contribution in [0.25, 0.3) is 0 Å².